The van der Waals surface area contributed by atoms with Gasteiger partial charge < -0.3 is 5.32 Å². The summed E-state index contributed by atoms with van der Waals surface area (Å²) in [5.41, 5.74) is 2.05. The molecular formula is C17H16N4OS. The summed E-state index contributed by atoms with van der Waals surface area (Å²) < 4.78 is 0. The largest absolute Gasteiger partial charge is 0.325 e. The lowest BCUT2D eigenvalue weighted by Crippen LogP contribution is -2.01. The highest BCUT2D eigenvalue weighted by Crippen LogP contribution is 2.27. The van der Waals surface area contributed by atoms with Crippen LogP contribution in [0.3, 0.4) is 0 Å². The molecule has 0 fully saturated rings. The summed E-state index contributed by atoms with van der Waals surface area (Å²) in [4.78, 5) is 26.2. The van der Waals surface area contributed by atoms with Gasteiger partial charge in [0.05, 0.1) is 9.75 Å². The third-order valence-electron chi connectivity index (χ3n) is 3.31. The van der Waals surface area contributed by atoms with Crippen molar-refractivity contribution in [3.63, 3.8) is 0 Å². The Morgan fingerprint density at radius 2 is 2.00 bits per heavy atom. The molecule has 0 bridgehead atoms. The fraction of sp³-hybridized carbons (Fsp3) is 0.176. The molecule has 0 saturated heterocycles. The van der Waals surface area contributed by atoms with Crippen LogP contribution in [0.4, 0.5) is 11.6 Å². The van der Waals surface area contributed by atoms with Crippen LogP contribution >= 0.6 is 11.3 Å². The predicted octanol–water partition coefficient (Wildman–Crippen LogP) is 4.16. The van der Waals surface area contributed by atoms with Crippen molar-refractivity contribution in [2.24, 2.45) is 0 Å². The Balaban J connectivity index is 1.93. The first kappa shape index (κ1) is 15.3. The summed E-state index contributed by atoms with van der Waals surface area (Å²) in [6.45, 7) is 5.51. The van der Waals surface area contributed by atoms with Crippen molar-refractivity contribution >= 4 is 28.8 Å². The minimum Gasteiger partial charge on any atom is -0.325 e. The number of pyridine rings is 1. The van der Waals surface area contributed by atoms with Crippen LogP contribution in [0.25, 0.3) is 10.7 Å². The van der Waals surface area contributed by atoms with Gasteiger partial charge in [0.2, 0.25) is 0 Å². The third-order valence-corrected chi connectivity index (χ3v) is 4.49. The Kier molecular flexibility index (Phi) is 4.16. The van der Waals surface area contributed by atoms with Crippen LogP contribution < -0.4 is 5.32 Å². The average molecular weight is 324 g/mol. The molecule has 23 heavy (non-hydrogen) atoms. The van der Waals surface area contributed by atoms with Gasteiger partial charge in [0.1, 0.15) is 11.6 Å². The lowest BCUT2D eigenvalue weighted by Gasteiger charge is -2.09. The molecule has 0 aliphatic heterocycles. The van der Waals surface area contributed by atoms with E-state index in [1.165, 1.54) is 11.3 Å². The number of aryl methyl sites for hydroxylation is 2. The normalized spacial score (nSPS) is 10.6. The molecule has 0 radical (unpaired) electrons. The molecule has 0 aliphatic rings. The molecule has 3 heterocycles. The van der Waals surface area contributed by atoms with Crippen LogP contribution in [-0.2, 0) is 0 Å². The average Bonchev–Trinajstić information content (AvgIpc) is 3.00. The number of anilines is 2. The molecule has 6 heteroatoms. The summed E-state index contributed by atoms with van der Waals surface area (Å²) >= 11 is 1.40. The first-order chi connectivity index (χ1) is 11.0. The minimum absolute atomic E-state index is 0.0515. The molecule has 0 unspecified atom stereocenters. The van der Waals surface area contributed by atoms with E-state index in [9.17, 15) is 4.79 Å². The lowest BCUT2D eigenvalue weighted by atomic mass is 10.3. The van der Waals surface area contributed by atoms with E-state index in [4.69, 9.17) is 0 Å². The number of nitrogens with zero attached hydrogens (tertiary/aromatic N) is 3. The van der Waals surface area contributed by atoms with E-state index in [0.29, 0.717) is 16.5 Å². The number of ketones is 1. The monoisotopic (exact) mass is 324 g/mol. The molecular weight excluding hydrogens is 308 g/mol. The lowest BCUT2D eigenvalue weighted by molar-refractivity contribution is 0.102. The summed E-state index contributed by atoms with van der Waals surface area (Å²) in [6.07, 6.45) is 3.53. The van der Waals surface area contributed by atoms with Crippen LogP contribution in [0.2, 0.25) is 0 Å². The van der Waals surface area contributed by atoms with Crippen molar-refractivity contribution in [2.75, 3.05) is 5.32 Å². The maximum absolute atomic E-state index is 11.4. The topological polar surface area (TPSA) is 67.8 Å². The number of thiophene rings is 1. The van der Waals surface area contributed by atoms with E-state index in [-0.39, 0.29) is 5.78 Å². The van der Waals surface area contributed by atoms with Gasteiger partial charge in [-0.25, -0.2) is 15.0 Å². The first-order valence-electron chi connectivity index (χ1n) is 7.17. The summed E-state index contributed by atoms with van der Waals surface area (Å²) in [5, 5.41) is 3.23. The van der Waals surface area contributed by atoms with E-state index in [1.807, 2.05) is 32.0 Å². The van der Waals surface area contributed by atoms with Crippen molar-refractivity contribution in [1.82, 2.24) is 15.0 Å². The van der Waals surface area contributed by atoms with Crippen LogP contribution in [0.15, 0.2) is 36.7 Å². The van der Waals surface area contributed by atoms with E-state index in [0.717, 1.165) is 21.8 Å². The Morgan fingerprint density at radius 1 is 1.17 bits per heavy atom. The van der Waals surface area contributed by atoms with Gasteiger partial charge in [0.15, 0.2) is 11.6 Å². The van der Waals surface area contributed by atoms with Gasteiger partial charge in [-0.15, -0.1) is 11.3 Å². The molecule has 116 valence electrons. The van der Waals surface area contributed by atoms with E-state index in [2.05, 4.69) is 20.3 Å². The van der Waals surface area contributed by atoms with Crippen LogP contribution in [0.5, 0.6) is 0 Å². The first-order valence-corrected chi connectivity index (χ1v) is 7.99. The van der Waals surface area contributed by atoms with Crippen molar-refractivity contribution in [1.29, 1.82) is 0 Å². The Hall–Kier alpha value is -2.60. The van der Waals surface area contributed by atoms with Crippen LogP contribution in [-0.4, -0.2) is 20.7 Å². The zero-order valence-corrected chi connectivity index (χ0v) is 13.9. The van der Waals surface area contributed by atoms with Crippen molar-refractivity contribution in [3.8, 4) is 10.7 Å². The third kappa shape index (κ3) is 3.43. The van der Waals surface area contributed by atoms with Crippen LogP contribution in [0, 0.1) is 13.8 Å². The molecule has 3 rings (SSSR count). The molecule has 1 N–H and O–H groups in total. The zero-order valence-electron chi connectivity index (χ0n) is 13.1. The number of aromatic nitrogens is 3. The van der Waals surface area contributed by atoms with Gasteiger partial charge in [-0.2, -0.15) is 0 Å². The molecule has 0 aliphatic carbocycles. The fourth-order valence-electron chi connectivity index (χ4n) is 2.06. The van der Waals surface area contributed by atoms with Gasteiger partial charge in [-0.3, -0.25) is 4.79 Å². The maximum Gasteiger partial charge on any atom is 0.171 e. The summed E-state index contributed by atoms with van der Waals surface area (Å²) in [7, 11) is 0. The second-order valence-electron chi connectivity index (χ2n) is 5.29. The maximum atomic E-state index is 11.4. The molecule has 0 spiro atoms. The van der Waals surface area contributed by atoms with Gasteiger partial charge in [0.25, 0.3) is 0 Å². The van der Waals surface area contributed by atoms with E-state index in [1.54, 1.807) is 25.4 Å². The van der Waals surface area contributed by atoms with Gasteiger partial charge >= 0.3 is 0 Å². The highest BCUT2D eigenvalue weighted by molar-refractivity contribution is 7.17. The smallest absolute Gasteiger partial charge is 0.171 e. The molecule has 3 aromatic heterocycles. The highest BCUT2D eigenvalue weighted by Gasteiger charge is 2.11. The Bertz CT molecular complexity index is 873. The Morgan fingerprint density at radius 3 is 2.70 bits per heavy atom. The zero-order chi connectivity index (χ0) is 16.4. The predicted molar refractivity (Wildman–Crippen MR) is 92.3 cm³/mol. The summed E-state index contributed by atoms with van der Waals surface area (Å²) in [5.74, 6) is 2.11. The number of rotatable bonds is 4. The number of nitrogens with one attached hydrogen (secondary N) is 1. The number of carbonyl (C=O) groups is 1. The Labute approximate surface area is 138 Å². The molecule has 0 atom stereocenters. The number of hydrogen-bond acceptors (Lipinski definition) is 6. The molecule has 0 saturated carbocycles. The second-order valence-corrected chi connectivity index (χ2v) is 6.37. The van der Waals surface area contributed by atoms with Crippen molar-refractivity contribution in [2.45, 2.75) is 20.8 Å². The molecule has 0 amide bonds. The summed E-state index contributed by atoms with van der Waals surface area (Å²) in [6, 6.07) is 7.58. The molecule has 3 aromatic rings. The molecule has 5 nitrogen and oxygen atoms in total. The molecule has 0 aromatic carbocycles. The van der Waals surface area contributed by atoms with Gasteiger partial charge in [0, 0.05) is 18.0 Å². The quantitative estimate of drug-likeness (QED) is 0.730. The van der Waals surface area contributed by atoms with E-state index >= 15 is 0 Å². The SMILES string of the molecule is CC(=O)c1ccc(-c2ncc(C)c(Nc3cc(C)ccn3)n2)s1. The second kappa shape index (κ2) is 6.26. The number of hydrogen-bond donors (Lipinski definition) is 1. The van der Waals surface area contributed by atoms with Crippen molar-refractivity contribution < 1.29 is 4.79 Å². The standard InChI is InChI=1S/C17H16N4OS/c1-10-6-7-18-15(8-10)20-16-11(2)9-19-17(21-16)14-5-4-13(23-14)12(3)22/h4-9H,1-3H3,(H,18,19,20,21). The van der Waals surface area contributed by atoms with E-state index < -0.39 is 0 Å². The number of Topliss-reactive ketones (excluding diaryl/α,β-unsaturated/α-hetero) is 1. The highest BCUT2D eigenvalue weighted by atomic mass is 32.1. The van der Waals surface area contributed by atoms with Gasteiger partial charge in [-0.05, 0) is 50.6 Å². The number of carbonyl (C=O) groups excluding carboxylic acids is 1. The minimum atomic E-state index is 0.0515. The van der Waals surface area contributed by atoms with Gasteiger partial charge in [-0.1, -0.05) is 0 Å². The fourth-order valence-corrected chi connectivity index (χ4v) is 2.90. The van der Waals surface area contributed by atoms with Crippen molar-refractivity contribution in [3.05, 3.63) is 52.7 Å². The van der Waals surface area contributed by atoms with Crippen LogP contribution in [0.1, 0.15) is 27.7 Å².